The van der Waals surface area contributed by atoms with E-state index in [1.165, 1.54) is 66.3 Å². The molecule has 0 fully saturated rings. The van der Waals surface area contributed by atoms with Crippen LogP contribution in [0.4, 0.5) is 0 Å². The van der Waals surface area contributed by atoms with Crippen LogP contribution >= 0.6 is 0 Å². The molecular weight excluding hydrogens is 631 g/mol. The first kappa shape index (κ1) is 30.4. The Morgan fingerprint density at radius 2 is 1.17 bits per heavy atom. The monoisotopic (exact) mass is 667 g/mol. The van der Waals surface area contributed by atoms with Gasteiger partial charge in [0.05, 0.1) is 16.7 Å². The van der Waals surface area contributed by atoms with Gasteiger partial charge in [-0.25, -0.2) is 4.99 Å². The molecule has 0 saturated heterocycles. The molecule has 8 aromatic rings. The van der Waals surface area contributed by atoms with Crippen LogP contribution in [0.2, 0.25) is 0 Å². The van der Waals surface area contributed by atoms with Crippen molar-refractivity contribution in [3.05, 3.63) is 192 Å². The summed E-state index contributed by atoms with van der Waals surface area (Å²) in [6.07, 6.45) is 2.15. The van der Waals surface area contributed by atoms with E-state index in [1.54, 1.807) is 0 Å². The number of hydrogen-bond acceptors (Lipinski definition) is 2. The van der Waals surface area contributed by atoms with E-state index < -0.39 is 0 Å². The Morgan fingerprint density at radius 3 is 2.02 bits per heavy atom. The van der Waals surface area contributed by atoms with Gasteiger partial charge >= 0.3 is 0 Å². The maximum atomic E-state index is 5.01. The predicted molar refractivity (Wildman–Crippen MR) is 218 cm³/mol. The average Bonchev–Trinajstić information content (AvgIpc) is 3.67. The van der Waals surface area contributed by atoms with Crippen LogP contribution in [0.3, 0.4) is 0 Å². The summed E-state index contributed by atoms with van der Waals surface area (Å²) in [7, 11) is 0. The molecule has 3 heteroatoms. The van der Waals surface area contributed by atoms with Gasteiger partial charge in [0.1, 0.15) is 5.84 Å². The molecule has 1 aromatic heterocycles. The Labute approximate surface area is 304 Å². The number of nitrogens with zero attached hydrogens (tertiary/aromatic N) is 2. The van der Waals surface area contributed by atoms with Crippen LogP contribution in [-0.4, -0.2) is 16.9 Å². The molecule has 1 aliphatic carbocycles. The smallest absolute Gasteiger partial charge is 0.134 e. The highest BCUT2D eigenvalue weighted by Crippen LogP contribution is 2.50. The van der Waals surface area contributed by atoms with Crippen molar-refractivity contribution >= 4 is 33.3 Å². The summed E-state index contributed by atoms with van der Waals surface area (Å²) in [5.74, 6) is 0.894. The number of hydrogen-bond donors (Lipinski definition) is 1. The van der Waals surface area contributed by atoms with Gasteiger partial charge in [-0.1, -0.05) is 141 Å². The quantitative estimate of drug-likeness (QED) is 0.194. The molecule has 1 aliphatic heterocycles. The number of amidine groups is 1. The van der Waals surface area contributed by atoms with E-state index in [0.29, 0.717) is 0 Å². The van der Waals surface area contributed by atoms with Crippen molar-refractivity contribution < 1.29 is 0 Å². The number of aliphatic imine (C=N–C) groups is 1. The number of rotatable bonds is 5. The summed E-state index contributed by atoms with van der Waals surface area (Å²) < 4.78 is 2.44. The highest BCUT2D eigenvalue weighted by Gasteiger charge is 2.35. The first-order chi connectivity index (χ1) is 25.6. The minimum atomic E-state index is -0.0619. The van der Waals surface area contributed by atoms with Gasteiger partial charge in [0.15, 0.2) is 0 Å². The first-order valence-corrected chi connectivity index (χ1v) is 18.1. The highest BCUT2D eigenvalue weighted by molar-refractivity contribution is 6.14. The lowest BCUT2D eigenvalue weighted by molar-refractivity contribution is 0.660. The van der Waals surface area contributed by atoms with Gasteiger partial charge in [-0.3, -0.25) is 0 Å². The summed E-state index contributed by atoms with van der Waals surface area (Å²) in [6, 6.07) is 59.6. The lowest BCUT2D eigenvalue weighted by atomic mass is 9.81. The Morgan fingerprint density at radius 1 is 0.519 bits per heavy atom. The molecule has 248 valence electrons. The zero-order valence-corrected chi connectivity index (χ0v) is 29.3. The van der Waals surface area contributed by atoms with Crippen molar-refractivity contribution in [3.63, 3.8) is 0 Å². The van der Waals surface area contributed by atoms with E-state index in [4.69, 9.17) is 4.99 Å². The molecule has 0 unspecified atom stereocenters. The van der Waals surface area contributed by atoms with Crippen LogP contribution in [-0.2, 0) is 5.41 Å². The normalized spacial score (nSPS) is 14.4. The average molecular weight is 668 g/mol. The van der Waals surface area contributed by atoms with Gasteiger partial charge in [-0.15, -0.1) is 0 Å². The number of fused-ring (bicyclic) bond motifs is 6. The lowest BCUT2D eigenvalue weighted by Gasteiger charge is -2.22. The van der Waals surface area contributed by atoms with Crippen LogP contribution < -0.4 is 5.32 Å². The molecule has 2 aliphatic rings. The minimum absolute atomic E-state index is 0.0619. The molecular formula is C49H37N3. The van der Waals surface area contributed by atoms with Crippen LogP contribution in [0.25, 0.3) is 66.6 Å². The molecule has 7 aromatic carbocycles. The Hall–Kier alpha value is -6.45. The van der Waals surface area contributed by atoms with Crippen molar-refractivity contribution in [1.82, 2.24) is 9.88 Å². The van der Waals surface area contributed by atoms with Crippen LogP contribution in [0, 0.1) is 0 Å². The summed E-state index contributed by atoms with van der Waals surface area (Å²) in [6.45, 7) is 5.45. The van der Waals surface area contributed by atoms with Crippen LogP contribution in [0.15, 0.2) is 175 Å². The lowest BCUT2D eigenvalue weighted by Crippen LogP contribution is -2.27. The maximum Gasteiger partial charge on any atom is 0.134 e. The Balaban J connectivity index is 1.11. The number of benzene rings is 7. The van der Waals surface area contributed by atoms with E-state index in [2.05, 4.69) is 188 Å². The second-order valence-electron chi connectivity index (χ2n) is 14.4. The third-order valence-corrected chi connectivity index (χ3v) is 11.1. The van der Waals surface area contributed by atoms with E-state index in [-0.39, 0.29) is 5.41 Å². The van der Waals surface area contributed by atoms with Crippen LogP contribution in [0.5, 0.6) is 0 Å². The summed E-state index contributed by atoms with van der Waals surface area (Å²) in [5, 5.41) is 5.98. The van der Waals surface area contributed by atoms with E-state index in [0.717, 1.165) is 34.9 Å². The SMILES string of the molecule is CC1(C)c2ccccc2-c2ccc(-c3ccccc3-c3cccc4c5ccccc5n(-c5ccc(C6=NC(c7ccccc7)=CCN6)cc5)c34)cc21. The second kappa shape index (κ2) is 11.8. The fraction of sp³-hybridized carbons (Fsp3) is 0.0816. The van der Waals surface area contributed by atoms with Crippen molar-refractivity contribution in [2.45, 2.75) is 19.3 Å². The fourth-order valence-electron chi connectivity index (χ4n) is 8.52. The Bertz CT molecular complexity index is 2740. The van der Waals surface area contributed by atoms with Crippen molar-refractivity contribution in [3.8, 4) is 39.1 Å². The van der Waals surface area contributed by atoms with E-state index in [9.17, 15) is 0 Å². The largest absolute Gasteiger partial charge is 0.366 e. The number of para-hydroxylation sites is 2. The predicted octanol–water partition coefficient (Wildman–Crippen LogP) is 11.8. The summed E-state index contributed by atoms with van der Waals surface area (Å²) in [5.41, 5.74) is 17.0. The summed E-state index contributed by atoms with van der Waals surface area (Å²) >= 11 is 0. The molecule has 0 bridgehead atoms. The van der Waals surface area contributed by atoms with Crippen molar-refractivity contribution in [2.24, 2.45) is 4.99 Å². The molecule has 52 heavy (non-hydrogen) atoms. The zero-order chi connectivity index (χ0) is 34.8. The van der Waals surface area contributed by atoms with Gasteiger partial charge in [0.25, 0.3) is 0 Å². The van der Waals surface area contributed by atoms with Gasteiger partial charge in [-0.05, 0) is 87.0 Å². The molecule has 1 N–H and O–H groups in total. The van der Waals surface area contributed by atoms with Crippen LogP contribution in [0.1, 0.15) is 36.1 Å². The third kappa shape index (κ3) is 4.70. The minimum Gasteiger partial charge on any atom is -0.366 e. The number of aromatic nitrogens is 1. The van der Waals surface area contributed by atoms with Gasteiger partial charge in [0.2, 0.25) is 0 Å². The van der Waals surface area contributed by atoms with Gasteiger partial charge in [0, 0.05) is 39.5 Å². The molecule has 2 heterocycles. The van der Waals surface area contributed by atoms with E-state index in [1.807, 2.05) is 6.07 Å². The molecule has 3 nitrogen and oxygen atoms in total. The number of nitrogens with one attached hydrogen (secondary N) is 1. The third-order valence-electron chi connectivity index (χ3n) is 11.1. The highest BCUT2D eigenvalue weighted by atomic mass is 15.0. The van der Waals surface area contributed by atoms with E-state index >= 15 is 0 Å². The van der Waals surface area contributed by atoms with Crippen molar-refractivity contribution in [1.29, 1.82) is 0 Å². The van der Waals surface area contributed by atoms with Gasteiger partial charge < -0.3 is 9.88 Å². The van der Waals surface area contributed by atoms with Gasteiger partial charge in [-0.2, -0.15) is 0 Å². The molecule has 0 atom stereocenters. The first-order valence-electron chi connectivity index (χ1n) is 18.1. The maximum absolute atomic E-state index is 5.01. The molecule has 0 spiro atoms. The topological polar surface area (TPSA) is 29.3 Å². The summed E-state index contributed by atoms with van der Waals surface area (Å²) in [4.78, 5) is 5.01. The van der Waals surface area contributed by atoms with Crippen molar-refractivity contribution in [2.75, 3.05) is 6.54 Å². The zero-order valence-electron chi connectivity index (χ0n) is 29.3. The Kier molecular flexibility index (Phi) is 6.91. The molecule has 0 amide bonds. The standard InChI is InChI=1S/C49H37N3/c1-49(2)43-21-10-8-17-38(43)39-28-25-34(31-44(39)49)36-15-6-7-16-37(36)41-19-12-20-42-40-18-9-11-22-46(40)52(47(41)42)35-26-23-33(24-27-35)48-50-30-29-45(51-48)32-13-4-3-5-14-32/h3-29,31H,30H2,1-2H3,(H,50,51). The second-order valence-corrected chi connectivity index (χ2v) is 14.4. The molecule has 10 rings (SSSR count). The molecule has 0 radical (unpaired) electrons. The fourth-order valence-corrected chi connectivity index (χ4v) is 8.52. The molecule has 0 saturated carbocycles.